The Morgan fingerprint density at radius 3 is 2.70 bits per heavy atom. The van der Waals surface area contributed by atoms with Gasteiger partial charge < -0.3 is 10.8 Å². The summed E-state index contributed by atoms with van der Waals surface area (Å²) in [7, 11) is -3.31. The molecule has 0 amide bonds. The van der Waals surface area contributed by atoms with E-state index >= 15 is 0 Å². The summed E-state index contributed by atoms with van der Waals surface area (Å²) in [6, 6.07) is 4.08. The molecule has 0 heterocycles. The summed E-state index contributed by atoms with van der Waals surface area (Å²) in [5.74, 6) is -1.08. The lowest BCUT2D eigenvalue weighted by molar-refractivity contribution is -0.138. The number of hydrogen-bond acceptors (Lipinski definition) is 4. The van der Waals surface area contributed by atoms with Gasteiger partial charge in [0.05, 0.1) is 5.25 Å². The van der Waals surface area contributed by atoms with Crippen molar-refractivity contribution in [2.75, 3.05) is 4.72 Å². The minimum Gasteiger partial charge on any atom is -0.480 e. The number of benzene rings is 1. The number of anilines is 1. The van der Waals surface area contributed by atoms with Gasteiger partial charge in [0.15, 0.2) is 0 Å². The molecule has 0 aliphatic heterocycles. The number of carbonyl (C=O) groups is 1. The lowest BCUT2D eigenvalue weighted by Crippen LogP contribution is -2.32. The average Bonchev–Trinajstić information content (AvgIpc) is 3.17. The maximum Gasteiger partial charge on any atom is 0.320 e. The molecule has 20 heavy (non-hydrogen) atoms. The Morgan fingerprint density at radius 2 is 2.15 bits per heavy atom. The number of carboxylic acid groups (broad SMARTS) is 1. The zero-order valence-corrected chi connectivity index (χ0v) is 12.0. The minimum atomic E-state index is -3.31. The number of hydrogen-bond donors (Lipinski definition) is 3. The molecule has 0 spiro atoms. The van der Waals surface area contributed by atoms with E-state index in [0.29, 0.717) is 18.5 Å². The molecule has 1 atom stereocenters. The number of aryl methyl sites for hydroxylation is 1. The second-order valence-corrected chi connectivity index (χ2v) is 7.10. The van der Waals surface area contributed by atoms with E-state index in [4.69, 9.17) is 10.8 Å². The Kier molecular flexibility index (Phi) is 4.01. The molecule has 0 saturated heterocycles. The van der Waals surface area contributed by atoms with Gasteiger partial charge in [0.2, 0.25) is 10.0 Å². The van der Waals surface area contributed by atoms with Gasteiger partial charge in [0.25, 0.3) is 0 Å². The van der Waals surface area contributed by atoms with Gasteiger partial charge in [-0.05, 0) is 49.4 Å². The Balaban J connectivity index is 2.17. The van der Waals surface area contributed by atoms with Crippen molar-refractivity contribution in [2.45, 2.75) is 37.5 Å². The third-order valence-corrected chi connectivity index (χ3v) is 5.20. The Labute approximate surface area is 118 Å². The summed E-state index contributed by atoms with van der Waals surface area (Å²) in [4.78, 5) is 10.8. The highest BCUT2D eigenvalue weighted by Crippen LogP contribution is 2.30. The van der Waals surface area contributed by atoms with Gasteiger partial charge in [-0.25, -0.2) is 8.42 Å². The van der Waals surface area contributed by atoms with Crippen LogP contribution in [0.3, 0.4) is 0 Å². The summed E-state index contributed by atoms with van der Waals surface area (Å²) in [5.41, 5.74) is 7.59. The molecule has 0 aromatic heterocycles. The first-order chi connectivity index (χ1) is 9.29. The van der Waals surface area contributed by atoms with Gasteiger partial charge in [-0.3, -0.25) is 9.52 Å². The summed E-state index contributed by atoms with van der Waals surface area (Å²) in [6.07, 6.45) is 1.55. The Morgan fingerprint density at radius 1 is 1.50 bits per heavy atom. The van der Waals surface area contributed by atoms with Gasteiger partial charge in [-0.1, -0.05) is 6.07 Å². The number of nitrogens with one attached hydrogen (secondary N) is 1. The predicted molar refractivity (Wildman–Crippen MR) is 76.1 cm³/mol. The third-order valence-electron chi connectivity index (χ3n) is 3.33. The van der Waals surface area contributed by atoms with E-state index in [0.717, 1.165) is 11.1 Å². The molecule has 1 fully saturated rings. The maximum absolute atomic E-state index is 11.9. The number of sulfonamides is 1. The molecule has 1 aromatic rings. The summed E-state index contributed by atoms with van der Waals surface area (Å²) >= 11 is 0. The minimum absolute atomic E-state index is 0.167. The molecule has 4 N–H and O–H groups in total. The summed E-state index contributed by atoms with van der Waals surface area (Å²) in [5, 5.41) is 8.54. The fraction of sp³-hybridized carbons (Fsp3) is 0.462. The van der Waals surface area contributed by atoms with Crippen LogP contribution in [-0.4, -0.2) is 30.8 Å². The molecule has 0 radical (unpaired) electrons. The van der Waals surface area contributed by atoms with Crippen molar-refractivity contribution in [3.8, 4) is 0 Å². The first kappa shape index (κ1) is 14.8. The molecular weight excluding hydrogens is 280 g/mol. The van der Waals surface area contributed by atoms with Crippen LogP contribution in [0.2, 0.25) is 0 Å². The fourth-order valence-electron chi connectivity index (χ4n) is 1.91. The van der Waals surface area contributed by atoms with Crippen molar-refractivity contribution < 1.29 is 18.3 Å². The molecule has 2 rings (SSSR count). The highest BCUT2D eigenvalue weighted by Gasteiger charge is 2.35. The number of rotatable bonds is 6. The molecule has 6 nitrogen and oxygen atoms in total. The van der Waals surface area contributed by atoms with E-state index in [1.54, 1.807) is 18.2 Å². The van der Waals surface area contributed by atoms with Crippen LogP contribution in [-0.2, 0) is 21.2 Å². The van der Waals surface area contributed by atoms with Gasteiger partial charge in [-0.2, -0.15) is 0 Å². The van der Waals surface area contributed by atoms with E-state index in [-0.39, 0.29) is 11.7 Å². The molecule has 1 aromatic carbocycles. The number of carboxylic acids is 1. The lowest BCUT2D eigenvalue weighted by Gasteiger charge is -2.13. The maximum atomic E-state index is 11.9. The highest BCUT2D eigenvalue weighted by atomic mass is 32.2. The summed E-state index contributed by atoms with van der Waals surface area (Å²) in [6.45, 7) is 1.84. The van der Waals surface area contributed by atoms with Crippen molar-refractivity contribution in [1.82, 2.24) is 0 Å². The molecule has 110 valence electrons. The van der Waals surface area contributed by atoms with Crippen molar-refractivity contribution in [2.24, 2.45) is 5.73 Å². The van der Waals surface area contributed by atoms with Gasteiger partial charge in [-0.15, -0.1) is 0 Å². The second kappa shape index (κ2) is 5.41. The van der Waals surface area contributed by atoms with E-state index in [9.17, 15) is 13.2 Å². The molecular formula is C13H18N2O4S. The van der Waals surface area contributed by atoms with Gasteiger partial charge >= 0.3 is 5.97 Å². The zero-order valence-electron chi connectivity index (χ0n) is 11.2. The van der Waals surface area contributed by atoms with E-state index in [1.165, 1.54) is 0 Å². The molecule has 0 unspecified atom stereocenters. The van der Waals surface area contributed by atoms with Crippen LogP contribution in [0.4, 0.5) is 5.69 Å². The Hall–Kier alpha value is -1.60. The lowest BCUT2D eigenvalue weighted by atomic mass is 10.0. The molecule has 1 aliphatic carbocycles. The highest BCUT2D eigenvalue weighted by molar-refractivity contribution is 7.93. The number of nitrogens with two attached hydrogens (primary N) is 1. The van der Waals surface area contributed by atoms with Crippen LogP contribution < -0.4 is 10.5 Å². The van der Waals surface area contributed by atoms with Crippen molar-refractivity contribution >= 4 is 21.7 Å². The monoisotopic (exact) mass is 298 g/mol. The first-order valence-corrected chi connectivity index (χ1v) is 7.94. The molecule has 1 aliphatic rings. The number of aliphatic carboxylic acids is 1. The van der Waals surface area contributed by atoms with Crippen molar-refractivity contribution in [3.05, 3.63) is 29.3 Å². The topological polar surface area (TPSA) is 109 Å². The second-order valence-electron chi connectivity index (χ2n) is 5.14. The smallest absolute Gasteiger partial charge is 0.320 e. The van der Waals surface area contributed by atoms with Crippen LogP contribution in [0.25, 0.3) is 0 Å². The van der Waals surface area contributed by atoms with E-state index in [2.05, 4.69) is 4.72 Å². The molecule has 0 bridgehead atoms. The van der Waals surface area contributed by atoms with Crippen molar-refractivity contribution in [3.63, 3.8) is 0 Å². The first-order valence-electron chi connectivity index (χ1n) is 6.39. The Bertz CT molecular complexity index is 623. The predicted octanol–water partition coefficient (Wildman–Crippen LogP) is 0.854. The van der Waals surface area contributed by atoms with Crippen LogP contribution in [0.1, 0.15) is 24.0 Å². The van der Waals surface area contributed by atoms with Gasteiger partial charge in [0, 0.05) is 5.69 Å². The fourth-order valence-corrected chi connectivity index (χ4v) is 3.28. The van der Waals surface area contributed by atoms with Crippen LogP contribution in [0.15, 0.2) is 18.2 Å². The third kappa shape index (κ3) is 3.49. The van der Waals surface area contributed by atoms with Gasteiger partial charge in [0.1, 0.15) is 6.04 Å². The van der Waals surface area contributed by atoms with E-state index in [1.807, 2.05) is 6.92 Å². The normalized spacial score (nSPS) is 16.7. The van der Waals surface area contributed by atoms with Crippen LogP contribution in [0, 0.1) is 6.92 Å². The zero-order chi connectivity index (χ0) is 14.9. The SMILES string of the molecule is Cc1ccc(NS(=O)(=O)C2CC2)cc1C[C@H](N)C(=O)O. The summed E-state index contributed by atoms with van der Waals surface area (Å²) < 4.78 is 26.3. The van der Waals surface area contributed by atoms with Crippen LogP contribution in [0.5, 0.6) is 0 Å². The molecule has 7 heteroatoms. The largest absolute Gasteiger partial charge is 0.480 e. The molecule has 1 saturated carbocycles. The quantitative estimate of drug-likeness (QED) is 0.721. The van der Waals surface area contributed by atoms with E-state index < -0.39 is 22.0 Å². The average molecular weight is 298 g/mol. The standard InChI is InChI=1S/C13H18N2O4S/c1-8-2-3-10(15-20(18,19)11-4-5-11)6-9(8)7-12(14)13(16)17/h2-3,6,11-12,15H,4-5,7,14H2,1H3,(H,16,17)/t12-/m0/s1. The van der Waals surface area contributed by atoms with Crippen LogP contribution >= 0.6 is 0 Å². The van der Waals surface area contributed by atoms with Crippen molar-refractivity contribution in [1.29, 1.82) is 0 Å².